The van der Waals surface area contributed by atoms with Gasteiger partial charge in [-0.25, -0.2) is 4.98 Å². The van der Waals surface area contributed by atoms with Crippen LogP contribution in [0.4, 0.5) is 0 Å². The zero-order valence-corrected chi connectivity index (χ0v) is 11.9. The van der Waals surface area contributed by atoms with E-state index in [1.54, 1.807) is 18.3 Å². The third kappa shape index (κ3) is 2.82. The summed E-state index contributed by atoms with van der Waals surface area (Å²) in [6.45, 7) is 4.14. The molecule has 0 unspecified atom stereocenters. The monoisotopic (exact) mass is 314 g/mol. The van der Waals surface area contributed by atoms with Crippen LogP contribution in [0.25, 0.3) is 0 Å². The quantitative estimate of drug-likeness (QED) is 0.823. The first kappa shape index (κ1) is 12.5. The van der Waals surface area contributed by atoms with Crippen molar-refractivity contribution in [2.45, 2.75) is 19.9 Å². The molecule has 0 bridgehead atoms. The minimum Gasteiger partial charge on any atom is -0.425 e. The summed E-state index contributed by atoms with van der Waals surface area (Å²) in [6, 6.07) is 8.04. The number of hydrogen-bond donors (Lipinski definition) is 0. The molecule has 90 valence electrons. The van der Waals surface area contributed by atoms with Crippen LogP contribution in [0.2, 0.25) is 5.02 Å². The molecule has 0 amide bonds. The van der Waals surface area contributed by atoms with E-state index in [1.165, 1.54) is 0 Å². The van der Waals surface area contributed by atoms with Crippen molar-refractivity contribution in [2.24, 2.45) is 0 Å². The van der Waals surface area contributed by atoms with Crippen molar-refractivity contribution in [3.8, 4) is 11.8 Å². The van der Waals surface area contributed by atoms with Crippen LogP contribution in [0.1, 0.15) is 19.9 Å². The lowest BCUT2D eigenvalue weighted by Crippen LogP contribution is -2.03. The fourth-order valence-corrected chi connectivity index (χ4v) is 2.26. The maximum absolute atomic E-state index is 5.82. The molecule has 0 aliphatic rings. The van der Waals surface area contributed by atoms with Gasteiger partial charge in [0.25, 0.3) is 0 Å². The summed E-state index contributed by atoms with van der Waals surface area (Å²) in [5.74, 6) is 0.717. The average molecular weight is 316 g/mol. The number of ether oxygens (including phenoxy) is 1. The van der Waals surface area contributed by atoms with Gasteiger partial charge in [0.15, 0.2) is 0 Å². The van der Waals surface area contributed by atoms with E-state index < -0.39 is 0 Å². The second kappa shape index (κ2) is 5.10. The van der Waals surface area contributed by atoms with Gasteiger partial charge < -0.3 is 4.74 Å². The Morgan fingerprint density at radius 2 is 1.94 bits per heavy atom. The fraction of sp³-hybridized carbons (Fsp3) is 0.250. The van der Waals surface area contributed by atoms with E-state index in [-0.39, 0.29) is 6.04 Å². The molecule has 2 aromatic rings. The standard InChI is InChI=1S/C12H12BrClN2O/c1-8(2)16-11(13)7-15-12(16)17-10-5-3-9(14)4-6-10/h3-8H,1-2H3. The first-order valence-electron chi connectivity index (χ1n) is 5.24. The normalized spacial score (nSPS) is 10.9. The van der Waals surface area contributed by atoms with Crippen LogP contribution in [-0.2, 0) is 0 Å². The highest BCUT2D eigenvalue weighted by Gasteiger charge is 2.12. The van der Waals surface area contributed by atoms with Crippen molar-refractivity contribution >= 4 is 27.5 Å². The largest absolute Gasteiger partial charge is 0.425 e. The first-order valence-corrected chi connectivity index (χ1v) is 6.41. The molecule has 0 spiro atoms. The van der Waals surface area contributed by atoms with E-state index in [1.807, 2.05) is 16.7 Å². The molecule has 0 saturated carbocycles. The smallest absolute Gasteiger partial charge is 0.302 e. The van der Waals surface area contributed by atoms with Gasteiger partial charge in [0.2, 0.25) is 0 Å². The molecule has 1 aromatic heterocycles. The van der Waals surface area contributed by atoms with Crippen LogP contribution in [0, 0.1) is 0 Å². The van der Waals surface area contributed by atoms with E-state index in [4.69, 9.17) is 16.3 Å². The van der Waals surface area contributed by atoms with Gasteiger partial charge in [-0.3, -0.25) is 4.57 Å². The zero-order valence-electron chi connectivity index (χ0n) is 9.52. The number of aromatic nitrogens is 2. The van der Waals surface area contributed by atoms with Crippen LogP contribution in [0.5, 0.6) is 11.8 Å². The number of benzene rings is 1. The van der Waals surface area contributed by atoms with Gasteiger partial charge in [0.05, 0.1) is 6.20 Å². The predicted molar refractivity (Wildman–Crippen MR) is 71.8 cm³/mol. The number of hydrogen-bond acceptors (Lipinski definition) is 2. The van der Waals surface area contributed by atoms with Crippen molar-refractivity contribution in [1.82, 2.24) is 9.55 Å². The van der Waals surface area contributed by atoms with Gasteiger partial charge in [0.1, 0.15) is 10.4 Å². The van der Waals surface area contributed by atoms with E-state index in [0.717, 1.165) is 10.4 Å². The summed E-state index contributed by atoms with van der Waals surface area (Å²) in [6.07, 6.45) is 1.73. The minimum absolute atomic E-state index is 0.272. The minimum atomic E-state index is 0.272. The fourth-order valence-electron chi connectivity index (χ4n) is 1.48. The highest BCUT2D eigenvalue weighted by atomic mass is 79.9. The zero-order chi connectivity index (χ0) is 12.4. The number of halogens is 2. The molecule has 5 heteroatoms. The Labute approximate surface area is 114 Å². The summed E-state index contributed by atoms with van der Waals surface area (Å²) in [5.41, 5.74) is 0. The topological polar surface area (TPSA) is 27.1 Å². The van der Waals surface area contributed by atoms with Crippen LogP contribution in [0.3, 0.4) is 0 Å². The Morgan fingerprint density at radius 1 is 1.29 bits per heavy atom. The van der Waals surface area contributed by atoms with E-state index in [9.17, 15) is 0 Å². The molecule has 0 fully saturated rings. The van der Waals surface area contributed by atoms with Gasteiger partial charge in [-0.05, 0) is 54.0 Å². The molecule has 0 radical (unpaired) electrons. The average Bonchev–Trinajstić information content (AvgIpc) is 2.63. The summed E-state index contributed by atoms with van der Waals surface area (Å²) in [7, 11) is 0. The lowest BCUT2D eigenvalue weighted by Gasteiger charge is -2.13. The Hall–Kier alpha value is -1.00. The lowest BCUT2D eigenvalue weighted by atomic mass is 10.3. The third-order valence-electron chi connectivity index (χ3n) is 2.26. The number of nitrogens with zero attached hydrogens (tertiary/aromatic N) is 2. The number of imidazole rings is 1. The molecule has 0 atom stereocenters. The Bertz CT molecular complexity index is 508. The Morgan fingerprint density at radius 3 is 2.53 bits per heavy atom. The van der Waals surface area contributed by atoms with Crippen LogP contribution >= 0.6 is 27.5 Å². The molecule has 0 saturated heterocycles. The molecule has 0 aliphatic carbocycles. The van der Waals surface area contributed by atoms with E-state index in [2.05, 4.69) is 34.8 Å². The molecule has 1 aromatic carbocycles. The van der Waals surface area contributed by atoms with Gasteiger partial charge in [-0.15, -0.1) is 0 Å². The van der Waals surface area contributed by atoms with E-state index in [0.29, 0.717) is 11.0 Å². The Balaban J connectivity index is 2.27. The SMILES string of the molecule is CC(C)n1c(Br)cnc1Oc1ccc(Cl)cc1. The van der Waals surface area contributed by atoms with Crippen molar-refractivity contribution in [3.05, 3.63) is 40.1 Å². The highest BCUT2D eigenvalue weighted by molar-refractivity contribution is 9.10. The van der Waals surface area contributed by atoms with Gasteiger partial charge in [-0.1, -0.05) is 11.6 Å². The summed E-state index contributed by atoms with van der Waals surface area (Å²) in [4.78, 5) is 4.22. The first-order chi connectivity index (χ1) is 8.08. The Kier molecular flexibility index (Phi) is 3.74. The maximum atomic E-state index is 5.82. The molecule has 1 heterocycles. The molecule has 3 nitrogen and oxygen atoms in total. The van der Waals surface area contributed by atoms with Crippen molar-refractivity contribution < 1.29 is 4.74 Å². The van der Waals surface area contributed by atoms with Crippen molar-refractivity contribution in [3.63, 3.8) is 0 Å². The molecule has 0 N–H and O–H groups in total. The molecule has 2 rings (SSSR count). The molecular formula is C12H12BrClN2O. The summed E-state index contributed by atoms with van der Waals surface area (Å²) in [5, 5.41) is 0.686. The molecule has 0 aliphatic heterocycles. The van der Waals surface area contributed by atoms with Crippen LogP contribution < -0.4 is 4.74 Å². The van der Waals surface area contributed by atoms with Crippen LogP contribution in [-0.4, -0.2) is 9.55 Å². The van der Waals surface area contributed by atoms with Crippen molar-refractivity contribution in [2.75, 3.05) is 0 Å². The van der Waals surface area contributed by atoms with Gasteiger partial charge in [-0.2, -0.15) is 0 Å². The summed E-state index contributed by atoms with van der Waals surface area (Å²) >= 11 is 9.26. The molecule has 17 heavy (non-hydrogen) atoms. The van der Waals surface area contributed by atoms with E-state index >= 15 is 0 Å². The van der Waals surface area contributed by atoms with Crippen LogP contribution in [0.15, 0.2) is 35.1 Å². The van der Waals surface area contributed by atoms with Gasteiger partial charge in [0, 0.05) is 11.1 Å². The second-order valence-corrected chi connectivity index (χ2v) is 5.13. The molecular weight excluding hydrogens is 304 g/mol. The lowest BCUT2D eigenvalue weighted by molar-refractivity contribution is 0.393. The predicted octanol–water partition coefficient (Wildman–Crippen LogP) is 4.67. The highest BCUT2D eigenvalue weighted by Crippen LogP contribution is 2.28. The maximum Gasteiger partial charge on any atom is 0.302 e. The van der Waals surface area contributed by atoms with Gasteiger partial charge >= 0.3 is 6.01 Å². The third-order valence-corrected chi connectivity index (χ3v) is 3.10. The second-order valence-electron chi connectivity index (χ2n) is 3.88. The van der Waals surface area contributed by atoms with Crippen molar-refractivity contribution in [1.29, 1.82) is 0 Å². The number of rotatable bonds is 3. The summed E-state index contributed by atoms with van der Waals surface area (Å²) < 4.78 is 8.58.